The third-order valence-corrected chi connectivity index (χ3v) is 4.23. The number of para-hydroxylation sites is 1. The fourth-order valence-corrected chi connectivity index (χ4v) is 2.98. The molecule has 0 saturated heterocycles. The van der Waals surface area contributed by atoms with Crippen LogP contribution in [0.4, 0.5) is 10.1 Å². The second-order valence-electron chi connectivity index (χ2n) is 5.94. The Kier molecular flexibility index (Phi) is 4.26. The predicted octanol–water partition coefficient (Wildman–Crippen LogP) is 4.76. The Bertz CT molecular complexity index is 380. The fraction of sp³-hybridized carbons (Fsp3) is 0.625. The topological polar surface area (TPSA) is 12.0 Å². The van der Waals surface area contributed by atoms with Gasteiger partial charge in [0.25, 0.3) is 0 Å². The van der Waals surface area contributed by atoms with Crippen molar-refractivity contribution < 1.29 is 4.39 Å². The van der Waals surface area contributed by atoms with Gasteiger partial charge < -0.3 is 5.32 Å². The molecule has 1 fully saturated rings. The van der Waals surface area contributed by atoms with Crippen molar-refractivity contribution in [2.24, 2.45) is 11.8 Å². The molecule has 1 aromatic rings. The lowest BCUT2D eigenvalue weighted by Crippen LogP contribution is -2.30. The van der Waals surface area contributed by atoms with Crippen LogP contribution in [0.15, 0.2) is 18.2 Å². The van der Waals surface area contributed by atoms with E-state index >= 15 is 0 Å². The molecule has 0 heterocycles. The monoisotopic (exact) mass is 249 g/mol. The maximum Gasteiger partial charge on any atom is 0.146 e. The highest BCUT2D eigenvalue weighted by Crippen LogP contribution is 2.32. The zero-order chi connectivity index (χ0) is 13.1. The van der Waals surface area contributed by atoms with E-state index in [0.717, 1.165) is 23.8 Å². The molecule has 1 saturated carbocycles. The van der Waals surface area contributed by atoms with Crippen molar-refractivity contribution >= 4 is 5.69 Å². The van der Waals surface area contributed by atoms with Crippen LogP contribution in [-0.4, -0.2) is 6.04 Å². The molecule has 1 aromatic carbocycles. The van der Waals surface area contributed by atoms with E-state index in [1.165, 1.54) is 25.3 Å². The molecular weight excluding hydrogens is 225 g/mol. The average molecular weight is 249 g/mol. The van der Waals surface area contributed by atoms with Crippen LogP contribution in [-0.2, 0) is 0 Å². The van der Waals surface area contributed by atoms with Crippen LogP contribution in [0.1, 0.15) is 45.1 Å². The summed E-state index contributed by atoms with van der Waals surface area (Å²) in [6.45, 7) is 6.55. The molecule has 1 N–H and O–H groups in total. The normalized spacial score (nSPS) is 24.3. The van der Waals surface area contributed by atoms with E-state index in [0.29, 0.717) is 11.7 Å². The molecule has 0 radical (unpaired) electrons. The first-order valence-electron chi connectivity index (χ1n) is 7.09. The van der Waals surface area contributed by atoms with E-state index in [9.17, 15) is 4.39 Å². The van der Waals surface area contributed by atoms with Crippen molar-refractivity contribution in [3.8, 4) is 0 Å². The van der Waals surface area contributed by atoms with Crippen LogP contribution in [0.3, 0.4) is 0 Å². The van der Waals surface area contributed by atoms with E-state index in [1.54, 1.807) is 6.07 Å². The van der Waals surface area contributed by atoms with Gasteiger partial charge in [0.05, 0.1) is 5.69 Å². The van der Waals surface area contributed by atoms with E-state index in [1.807, 2.05) is 13.0 Å². The Balaban J connectivity index is 2.05. The number of halogens is 1. The van der Waals surface area contributed by atoms with E-state index in [4.69, 9.17) is 0 Å². The number of anilines is 1. The molecule has 2 rings (SSSR count). The summed E-state index contributed by atoms with van der Waals surface area (Å²) in [7, 11) is 0. The van der Waals surface area contributed by atoms with Gasteiger partial charge in [0, 0.05) is 6.04 Å². The second kappa shape index (κ2) is 5.73. The van der Waals surface area contributed by atoms with Gasteiger partial charge >= 0.3 is 0 Å². The number of nitrogens with one attached hydrogen (secondary N) is 1. The second-order valence-corrected chi connectivity index (χ2v) is 5.94. The average Bonchev–Trinajstić information content (AvgIpc) is 2.34. The first-order chi connectivity index (χ1) is 8.58. The van der Waals surface area contributed by atoms with Crippen LogP contribution < -0.4 is 5.32 Å². The van der Waals surface area contributed by atoms with Crippen LogP contribution >= 0.6 is 0 Å². The highest BCUT2D eigenvalue weighted by Gasteiger charge is 2.24. The molecule has 100 valence electrons. The minimum atomic E-state index is -0.123. The van der Waals surface area contributed by atoms with Gasteiger partial charge in [-0.15, -0.1) is 0 Å². The standard InChI is InChI=1S/C16H24FN/c1-11(2)13-7-5-8-14(10-13)18-16-12(3)6-4-9-15(16)17/h4,6,9,11,13-14,18H,5,7-8,10H2,1-3H3. The van der Waals surface area contributed by atoms with Crippen molar-refractivity contribution in [1.29, 1.82) is 0 Å². The molecule has 2 heteroatoms. The summed E-state index contributed by atoms with van der Waals surface area (Å²) in [4.78, 5) is 0. The van der Waals surface area contributed by atoms with Gasteiger partial charge in [-0.05, 0) is 43.2 Å². The van der Waals surface area contributed by atoms with Gasteiger partial charge in [0.2, 0.25) is 0 Å². The Hall–Kier alpha value is -1.05. The Morgan fingerprint density at radius 2 is 2.06 bits per heavy atom. The molecule has 18 heavy (non-hydrogen) atoms. The Labute approximate surface area is 110 Å². The highest BCUT2D eigenvalue weighted by atomic mass is 19.1. The molecule has 0 aromatic heterocycles. The fourth-order valence-electron chi connectivity index (χ4n) is 2.98. The van der Waals surface area contributed by atoms with E-state index < -0.39 is 0 Å². The van der Waals surface area contributed by atoms with Gasteiger partial charge in [0.15, 0.2) is 0 Å². The number of aryl methyl sites for hydroxylation is 1. The van der Waals surface area contributed by atoms with Crippen molar-refractivity contribution in [1.82, 2.24) is 0 Å². The minimum absolute atomic E-state index is 0.123. The minimum Gasteiger partial charge on any atom is -0.380 e. The molecule has 2 atom stereocenters. The third kappa shape index (κ3) is 3.04. The number of benzene rings is 1. The number of hydrogen-bond acceptors (Lipinski definition) is 1. The Morgan fingerprint density at radius 1 is 1.28 bits per heavy atom. The summed E-state index contributed by atoms with van der Waals surface area (Å²) in [6.07, 6.45) is 4.92. The van der Waals surface area contributed by atoms with E-state index in [2.05, 4.69) is 19.2 Å². The maximum atomic E-state index is 13.8. The predicted molar refractivity (Wildman–Crippen MR) is 75.3 cm³/mol. The Morgan fingerprint density at radius 3 is 2.72 bits per heavy atom. The molecule has 0 spiro atoms. The summed E-state index contributed by atoms with van der Waals surface area (Å²) in [5, 5.41) is 3.43. The van der Waals surface area contributed by atoms with Crippen molar-refractivity contribution in [2.45, 2.75) is 52.5 Å². The van der Waals surface area contributed by atoms with E-state index in [-0.39, 0.29) is 5.82 Å². The van der Waals surface area contributed by atoms with Crippen LogP contribution in [0.25, 0.3) is 0 Å². The van der Waals surface area contributed by atoms with Crippen molar-refractivity contribution in [3.63, 3.8) is 0 Å². The zero-order valence-electron chi connectivity index (χ0n) is 11.7. The van der Waals surface area contributed by atoms with Crippen LogP contribution in [0.2, 0.25) is 0 Å². The maximum absolute atomic E-state index is 13.8. The molecule has 1 aliphatic carbocycles. The third-order valence-electron chi connectivity index (χ3n) is 4.23. The molecule has 0 bridgehead atoms. The number of hydrogen-bond donors (Lipinski definition) is 1. The first-order valence-corrected chi connectivity index (χ1v) is 7.09. The summed E-state index contributed by atoms with van der Waals surface area (Å²) in [6, 6.07) is 5.71. The van der Waals surface area contributed by atoms with Crippen molar-refractivity contribution in [3.05, 3.63) is 29.6 Å². The summed E-state index contributed by atoms with van der Waals surface area (Å²) in [5.74, 6) is 1.39. The lowest BCUT2D eigenvalue weighted by atomic mass is 9.79. The van der Waals surface area contributed by atoms with Gasteiger partial charge in [-0.3, -0.25) is 0 Å². The van der Waals surface area contributed by atoms with Gasteiger partial charge in [0.1, 0.15) is 5.82 Å². The number of rotatable bonds is 3. The summed E-state index contributed by atoms with van der Waals surface area (Å²) < 4.78 is 13.8. The van der Waals surface area contributed by atoms with Crippen molar-refractivity contribution in [2.75, 3.05) is 5.32 Å². The highest BCUT2D eigenvalue weighted by molar-refractivity contribution is 5.52. The van der Waals surface area contributed by atoms with Gasteiger partial charge in [-0.2, -0.15) is 0 Å². The summed E-state index contributed by atoms with van der Waals surface area (Å²) in [5.41, 5.74) is 1.70. The summed E-state index contributed by atoms with van der Waals surface area (Å²) >= 11 is 0. The quantitative estimate of drug-likeness (QED) is 0.814. The molecule has 0 amide bonds. The van der Waals surface area contributed by atoms with Gasteiger partial charge in [-0.25, -0.2) is 4.39 Å². The van der Waals surface area contributed by atoms with Gasteiger partial charge in [-0.1, -0.05) is 38.8 Å². The van der Waals surface area contributed by atoms with Crippen LogP contribution in [0.5, 0.6) is 0 Å². The first kappa shape index (κ1) is 13.4. The smallest absolute Gasteiger partial charge is 0.146 e. The molecule has 0 aliphatic heterocycles. The molecule has 1 aliphatic rings. The largest absolute Gasteiger partial charge is 0.380 e. The molecular formula is C16H24FN. The molecule has 2 unspecified atom stereocenters. The molecule has 1 nitrogen and oxygen atoms in total. The van der Waals surface area contributed by atoms with Crippen LogP contribution in [0, 0.1) is 24.6 Å². The lowest BCUT2D eigenvalue weighted by molar-refractivity contribution is 0.264. The SMILES string of the molecule is Cc1cccc(F)c1NC1CCCC(C(C)C)C1. The lowest BCUT2D eigenvalue weighted by Gasteiger charge is -2.33. The zero-order valence-corrected chi connectivity index (χ0v) is 11.7.